The Morgan fingerprint density at radius 2 is 2.14 bits per heavy atom. The van der Waals surface area contributed by atoms with Gasteiger partial charge in [0.05, 0.1) is 5.92 Å². The Balaban J connectivity index is 2.33. The molecule has 0 aromatic heterocycles. The molecule has 1 aliphatic rings. The predicted molar refractivity (Wildman–Crippen MR) is 23.0 cm³/mol. The average molecular weight is 99.1 g/mol. The van der Waals surface area contributed by atoms with Gasteiger partial charge < -0.3 is 0 Å². The first-order valence-electron chi connectivity index (χ1n) is 2.42. The minimum Gasteiger partial charge on any atom is -0.247 e. The molecule has 0 N–H and O–H groups in total. The molecule has 2 heteroatoms. The van der Waals surface area contributed by atoms with Crippen molar-refractivity contribution < 1.29 is 9.90 Å². The van der Waals surface area contributed by atoms with E-state index in [4.69, 9.17) is 0 Å². The van der Waals surface area contributed by atoms with Gasteiger partial charge >= 0.3 is 5.97 Å². The van der Waals surface area contributed by atoms with Crippen LogP contribution in [0.25, 0.3) is 0 Å². The molecule has 0 spiro atoms. The quantitative estimate of drug-likeness (QED) is 0.474. The van der Waals surface area contributed by atoms with Crippen molar-refractivity contribution in [2.45, 2.75) is 13.3 Å². The largest absolute Gasteiger partial charge is 0.358 e. The lowest BCUT2D eigenvalue weighted by atomic mass is 10.3. The lowest BCUT2D eigenvalue weighted by Gasteiger charge is -1.75. The van der Waals surface area contributed by atoms with Crippen LogP contribution in [0, 0.1) is 11.8 Å². The number of rotatable bonds is 1. The van der Waals surface area contributed by atoms with Crippen molar-refractivity contribution in [3.63, 3.8) is 0 Å². The van der Waals surface area contributed by atoms with Gasteiger partial charge in [0.1, 0.15) is 0 Å². The first-order chi connectivity index (χ1) is 3.22. The van der Waals surface area contributed by atoms with E-state index in [9.17, 15) is 9.90 Å². The second-order valence-corrected chi connectivity index (χ2v) is 2.14. The summed E-state index contributed by atoms with van der Waals surface area (Å²) in [6.45, 7) is 1.92. The Hall–Kier alpha value is -0.530. The lowest BCUT2D eigenvalue weighted by Crippen LogP contribution is -1.94. The molecule has 7 heavy (non-hydrogen) atoms. The van der Waals surface area contributed by atoms with E-state index in [-0.39, 0.29) is 5.92 Å². The molecule has 1 fully saturated rings. The number of hydrogen-bond acceptors (Lipinski definition) is 1. The van der Waals surface area contributed by atoms with Gasteiger partial charge in [-0.1, -0.05) is 6.92 Å². The van der Waals surface area contributed by atoms with Crippen LogP contribution in [-0.2, 0) is 9.90 Å². The topological polar surface area (TPSA) is 37.0 Å². The van der Waals surface area contributed by atoms with E-state index >= 15 is 0 Å². The smallest absolute Gasteiger partial charge is 0.247 e. The zero-order valence-electron chi connectivity index (χ0n) is 4.18. The third-order valence-corrected chi connectivity index (χ3v) is 1.41. The minimum absolute atomic E-state index is 0.125. The Kier molecular flexibility index (Phi) is 0.805. The fourth-order valence-corrected chi connectivity index (χ4v) is 0.651. The third-order valence-electron chi connectivity index (χ3n) is 1.41. The zero-order valence-corrected chi connectivity index (χ0v) is 4.18. The summed E-state index contributed by atoms with van der Waals surface area (Å²) in [7, 11) is 0. The maximum absolute atomic E-state index is 9.86. The van der Waals surface area contributed by atoms with E-state index in [0.29, 0.717) is 5.92 Å². The molecule has 0 bridgehead atoms. The van der Waals surface area contributed by atoms with Gasteiger partial charge in [0, 0.05) is 0 Å². The van der Waals surface area contributed by atoms with Crippen molar-refractivity contribution in [1.29, 1.82) is 0 Å². The number of carbonyl (C=O) groups excluding carboxylic acids is 1. The summed E-state index contributed by atoms with van der Waals surface area (Å²) < 4.78 is 0. The van der Waals surface area contributed by atoms with Crippen molar-refractivity contribution >= 4 is 5.97 Å². The van der Waals surface area contributed by atoms with E-state index < -0.39 is 5.97 Å². The fourth-order valence-electron chi connectivity index (χ4n) is 0.651. The van der Waals surface area contributed by atoms with Gasteiger partial charge in [0.15, 0.2) is 0 Å². The van der Waals surface area contributed by atoms with Crippen LogP contribution in [0.15, 0.2) is 0 Å². The second-order valence-electron chi connectivity index (χ2n) is 2.14. The molecular formula is C5H7O2. The van der Waals surface area contributed by atoms with Gasteiger partial charge in [0.25, 0.3) is 0 Å². The number of carbonyl (C=O) groups is 1. The molecule has 1 aliphatic carbocycles. The Morgan fingerprint density at radius 1 is 1.71 bits per heavy atom. The SMILES string of the molecule is CC1CC1C([O])=O. The molecule has 1 rings (SSSR count). The highest BCUT2D eigenvalue weighted by atomic mass is 16.4. The molecule has 0 heterocycles. The second kappa shape index (κ2) is 1.22. The van der Waals surface area contributed by atoms with Crippen molar-refractivity contribution in [3.8, 4) is 0 Å². The van der Waals surface area contributed by atoms with Gasteiger partial charge in [-0.2, -0.15) is 0 Å². The normalized spacial score (nSPS) is 37.9. The summed E-state index contributed by atoms with van der Waals surface area (Å²) in [4.78, 5) is 9.86. The van der Waals surface area contributed by atoms with Gasteiger partial charge in [-0.05, 0) is 12.3 Å². The summed E-state index contributed by atoms with van der Waals surface area (Å²) in [6.07, 6.45) is 0.822. The molecule has 0 aromatic carbocycles. The first kappa shape index (κ1) is 4.62. The summed E-state index contributed by atoms with van der Waals surface area (Å²) in [5.41, 5.74) is 0. The monoisotopic (exact) mass is 99.0 g/mol. The standard InChI is InChI=1S/C5H7O2/c1-3-2-4(3)5(6)7/h3-4H,2H2,1H3. The molecule has 0 amide bonds. The van der Waals surface area contributed by atoms with Gasteiger partial charge in [-0.3, -0.25) is 0 Å². The van der Waals surface area contributed by atoms with Crippen LogP contribution in [0.5, 0.6) is 0 Å². The highest BCUT2D eigenvalue weighted by Crippen LogP contribution is 2.37. The Bertz CT molecular complexity index is 98.3. The van der Waals surface area contributed by atoms with E-state index in [0.717, 1.165) is 6.42 Å². The van der Waals surface area contributed by atoms with Crippen molar-refractivity contribution in [1.82, 2.24) is 0 Å². The van der Waals surface area contributed by atoms with Crippen LogP contribution in [0.2, 0.25) is 0 Å². The van der Waals surface area contributed by atoms with E-state index in [1.165, 1.54) is 0 Å². The lowest BCUT2D eigenvalue weighted by molar-refractivity contribution is -0.144. The van der Waals surface area contributed by atoms with Crippen molar-refractivity contribution in [2.75, 3.05) is 0 Å². The molecule has 2 unspecified atom stereocenters. The molecule has 0 saturated heterocycles. The molecule has 2 atom stereocenters. The summed E-state index contributed by atoms with van der Waals surface area (Å²) in [6, 6.07) is 0. The van der Waals surface area contributed by atoms with Crippen LogP contribution in [-0.4, -0.2) is 5.97 Å². The third kappa shape index (κ3) is 0.734. The van der Waals surface area contributed by atoms with Crippen molar-refractivity contribution in [3.05, 3.63) is 0 Å². The molecule has 1 radical (unpaired) electrons. The predicted octanol–water partition coefficient (Wildman–Crippen LogP) is 0.599. The Labute approximate surface area is 42.1 Å². The average Bonchev–Trinajstić information content (AvgIpc) is 2.17. The summed E-state index contributed by atoms with van der Waals surface area (Å²) in [5, 5.41) is 9.86. The van der Waals surface area contributed by atoms with Crippen LogP contribution >= 0.6 is 0 Å². The van der Waals surface area contributed by atoms with Gasteiger partial charge in [0.2, 0.25) is 0 Å². The van der Waals surface area contributed by atoms with Gasteiger partial charge in [-0.25, -0.2) is 9.90 Å². The summed E-state index contributed by atoms with van der Waals surface area (Å²) in [5.74, 6) is -0.627. The first-order valence-corrected chi connectivity index (χ1v) is 2.42. The van der Waals surface area contributed by atoms with E-state index in [1.54, 1.807) is 0 Å². The maximum atomic E-state index is 9.86. The van der Waals surface area contributed by atoms with E-state index in [2.05, 4.69) is 0 Å². The van der Waals surface area contributed by atoms with Crippen LogP contribution in [0.1, 0.15) is 13.3 Å². The van der Waals surface area contributed by atoms with Crippen LogP contribution in [0.4, 0.5) is 0 Å². The molecule has 39 valence electrons. The molecular weight excluding hydrogens is 92.1 g/mol. The molecule has 0 aliphatic heterocycles. The number of hydrogen-bond donors (Lipinski definition) is 0. The fraction of sp³-hybridized carbons (Fsp3) is 0.800. The van der Waals surface area contributed by atoms with E-state index in [1.807, 2.05) is 6.92 Å². The zero-order chi connectivity index (χ0) is 5.44. The maximum Gasteiger partial charge on any atom is 0.358 e. The highest BCUT2D eigenvalue weighted by molar-refractivity contribution is 5.72. The molecule has 0 aromatic rings. The summed E-state index contributed by atoms with van der Waals surface area (Å²) >= 11 is 0. The molecule has 1 saturated carbocycles. The van der Waals surface area contributed by atoms with Crippen LogP contribution in [0.3, 0.4) is 0 Å². The molecule has 2 nitrogen and oxygen atoms in total. The van der Waals surface area contributed by atoms with Crippen LogP contribution < -0.4 is 0 Å². The Morgan fingerprint density at radius 3 is 2.14 bits per heavy atom. The highest BCUT2D eigenvalue weighted by Gasteiger charge is 2.40. The minimum atomic E-state index is -0.882. The van der Waals surface area contributed by atoms with Crippen molar-refractivity contribution in [2.24, 2.45) is 11.8 Å². The van der Waals surface area contributed by atoms with Gasteiger partial charge in [-0.15, -0.1) is 0 Å².